The predicted octanol–water partition coefficient (Wildman–Crippen LogP) is 3.27. The van der Waals surface area contributed by atoms with Crippen molar-refractivity contribution in [3.8, 4) is 11.5 Å². The third-order valence-electron chi connectivity index (χ3n) is 5.16. The molecule has 0 saturated carbocycles. The van der Waals surface area contributed by atoms with E-state index in [0.717, 1.165) is 39.2 Å². The lowest BCUT2D eigenvalue weighted by Gasteiger charge is -2.29. The molecule has 6 nitrogen and oxygen atoms in total. The Labute approximate surface area is 162 Å². The molecular weight excluding hydrogens is 368 g/mol. The number of aromatic amines is 1. The number of carbonyl (C=O) groups is 1. The molecule has 0 amide bonds. The number of para-hydroxylation sites is 1. The fourth-order valence-corrected chi connectivity index (χ4v) is 3.95. The largest absolute Gasteiger partial charge is 0.469 e. The lowest BCUT2D eigenvalue weighted by Crippen LogP contribution is -2.37. The van der Waals surface area contributed by atoms with Gasteiger partial charge in [0.15, 0.2) is 11.5 Å². The fourth-order valence-electron chi connectivity index (χ4n) is 3.95. The van der Waals surface area contributed by atoms with Crippen LogP contribution in [0.2, 0.25) is 0 Å². The SMILES string of the molecule is COC(=O)[C@H]1CN[C@@H](c2ccc3c(c2)OCO3)c2[nH]c3ccccc3c21.Cl. The van der Waals surface area contributed by atoms with Crippen LogP contribution in [0, 0.1) is 0 Å². The summed E-state index contributed by atoms with van der Waals surface area (Å²) in [5, 5.41) is 4.54. The highest BCUT2D eigenvalue weighted by Gasteiger charge is 2.36. The van der Waals surface area contributed by atoms with Gasteiger partial charge in [-0.15, -0.1) is 12.4 Å². The topological polar surface area (TPSA) is 72.6 Å². The summed E-state index contributed by atoms with van der Waals surface area (Å²) < 4.78 is 16.0. The zero-order valence-electron chi connectivity index (χ0n) is 14.7. The number of ether oxygens (including phenoxy) is 3. The minimum absolute atomic E-state index is 0. The second-order valence-electron chi connectivity index (χ2n) is 6.53. The van der Waals surface area contributed by atoms with E-state index < -0.39 is 0 Å². The van der Waals surface area contributed by atoms with Gasteiger partial charge >= 0.3 is 5.97 Å². The molecule has 2 aliphatic rings. The van der Waals surface area contributed by atoms with E-state index in [2.05, 4.69) is 10.3 Å². The molecule has 0 aliphatic carbocycles. The average molecular weight is 387 g/mol. The highest BCUT2D eigenvalue weighted by atomic mass is 35.5. The maximum Gasteiger partial charge on any atom is 0.314 e. The van der Waals surface area contributed by atoms with E-state index in [4.69, 9.17) is 14.2 Å². The third kappa shape index (κ3) is 2.72. The van der Waals surface area contributed by atoms with Gasteiger partial charge in [0, 0.05) is 23.1 Å². The number of methoxy groups -OCH3 is 1. The van der Waals surface area contributed by atoms with Crippen molar-refractivity contribution < 1.29 is 19.0 Å². The Kier molecular flexibility index (Phi) is 4.45. The van der Waals surface area contributed by atoms with Crippen LogP contribution in [-0.2, 0) is 9.53 Å². The van der Waals surface area contributed by atoms with Crippen LogP contribution in [0.25, 0.3) is 10.9 Å². The monoisotopic (exact) mass is 386 g/mol. The molecule has 7 heteroatoms. The number of hydrogen-bond acceptors (Lipinski definition) is 5. The van der Waals surface area contributed by atoms with Gasteiger partial charge < -0.3 is 24.5 Å². The van der Waals surface area contributed by atoms with Crippen LogP contribution in [0.5, 0.6) is 11.5 Å². The van der Waals surface area contributed by atoms with Crippen LogP contribution in [0.3, 0.4) is 0 Å². The van der Waals surface area contributed by atoms with Crippen LogP contribution in [-0.4, -0.2) is 31.4 Å². The number of esters is 1. The van der Waals surface area contributed by atoms with Crippen LogP contribution >= 0.6 is 12.4 Å². The van der Waals surface area contributed by atoms with E-state index in [1.54, 1.807) is 0 Å². The van der Waals surface area contributed by atoms with E-state index in [-0.39, 0.29) is 37.1 Å². The second-order valence-corrected chi connectivity index (χ2v) is 6.53. The maximum atomic E-state index is 12.4. The molecule has 2 aromatic carbocycles. The standard InChI is InChI=1S/C20H18N2O4.ClH/c1-24-20(23)13-9-21-18(11-6-7-15-16(8-11)26-10-25-15)19-17(13)12-4-2-3-5-14(12)22-19;/h2-8,13,18,21-22H,9-10H2,1H3;1H/t13-,18-;/m0./s1. The van der Waals surface area contributed by atoms with E-state index in [1.165, 1.54) is 7.11 Å². The van der Waals surface area contributed by atoms with Gasteiger partial charge in [0.1, 0.15) is 0 Å². The zero-order valence-corrected chi connectivity index (χ0v) is 15.5. The molecule has 0 saturated heterocycles. The van der Waals surface area contributed by atoms with Crippen molar-refractivity contribution in [3.63, 3.8) is 0 Å². The molecule has 0 bridgehead atoms. The molecule has 0 spiro atoms. The molecule has 0 fully saturated rings. The minimum Gasteiger partial charge on any atom is -0.469 e. The number of halogens is 1. The highest BCUT2D eigenvalue weighted by molar-refractivity contribution is 5.92. The van der Waals surface area contributed by atoms with Crippen LogP contribution in [0.4, 0.5) is 0 Å². The first-order valence-corrected chi connectivity index (χ1v) is 8.57. The summed E-state index contributed by atoms with van der Waals surface area (Å²) in [6.07, 6.45) is 0. The first kappa shape index (κ1) is 17.7. The Morgan fingerprint density at radius 2 is 1.96 bits per heavy atom. The number of rotatable bonds is 2. The van der Waals surface area contributed by atoms with Crippen molar-refractivity contribution in [2.24, 2.45) is 0 Å². The van der Waals surface area contributed by atoms with Gasteiger partial charge in [-0.3, -0.25) is 4.79 Å². The minimum atomic E-state index is -0.337. The summed E-state index contributed by atoms with van der Waals surface area (Å²) in [5.41, 5.74) is 4.08. The molecular formula is C20H19ClN2O4. The van der Waals surface area contributed by atoms with Crippen molar-refractivity contribution in [1.82, 2.24) is 10.3 Å². The van der Waals surface area contributed by atoms with Gasteiger partial charge in [-0.25, -0.2) is 0 Å². The molecule has 27 heavy (non-hydrogen) atoms. The molecule has 3 heterocycles. The van der Waals surface area contributed by atoms with Gasteiger partial charge in [-0.2, -0.15) is 0 Å². The summed E-state index contributed by atoms with van der Waals surface area (Å²) in [6.45, 7) is 0.763. The molecule has 1 aromatic heterocycles. The number of benzene rings is 2. The Balaban J connectivity index is 0.00000180. The molecule has 140 valence electrons. The average Bonchev–Trinajstić information content (AvgIpc) is 3.30. The van der Waals surface area contributed by atoms with E-state index in [0.29, 0.717) is 6.54 Å². The van der Waals surface area contributed by atoms with Crippen molar-refractivity contribution in [3.05, 3.63) is 59.3 Å². The predicted molar refractivity (Wildman–Crippen MR) is 103 cm³/mol. The number of nitrogens with one attached hydrogen (secondary N) is 2. The van der Waals surface area contributed by atoms with Crippen molar-refractivity contribution >= 4 is 29.3 Å². The van der Waals surface area contributed by atoms with Gasteiger partial charge in [0.05, 0.1) is 19.1 Å². The van der Waals surface area contributed by atoms with Gasteiger partial charge in [0.2, 0.25) is 6.79 Å². The third-order valence-corrected chi connectivity index (χ3v) is 5.16. The van der Waals surface area contributed by atoms with Crippen LogP contribution in [0.15, 0.2) is 42.5 Å². The number of carbonyl (C=O) groups excluding carboxylic acids is 1. The van der Waals surface area contributed by atoms with Crippen LogP contribution in [0.1, 0.15) is 28.8 Å². The molecule has 0 radical (unpaired) electrons. The van der Waals surface area contributed by atoms with Gasteiger partial charge in [-0.05, 0) is 29.3 Å². The highest BCUT2D eigenvalue weighted by Crippen LogP contribution is 2.41. The summed E-state index contributed by atoms with van der Waals surface area (Å²) in [7, 11) is 1.43. The summed E-state index contributed by atoms with van der Waals surface area (Å²) in [4.78, 5) is 15.9. The fraction of sp³-hybridized carbons (Fsp3) is 0.250. The molecule has 5 rings (SSSR count). The lowest BCUT2D eigenvalue weighted by molar-refractivity contribution is -0.142. The number of H-pyrrole nitrogens is 1. The first-order valence-electron chi connectivity index (χ1n) is 8.57. The van der Waals surface area contributed by atoms with Crippen molar-refractivity contribution in [2.75, 3.05) is 20.4 Å². The Morgan fingerprint density at radius 3 is 2.81 bits per heavy atom. The summed E-state index contributed by atoms with van der Waals surface area (Å²) >= 11 is 0. The van der Waals surface area contributed by atoms with Gasteiger partial charge in [-0.1, -0.05) is 24.3 Å². The molecule has 2 atom stereocenters. The smallest absolute Gasteiger partial charge is 0.314 e. The van der Waals surface area contributed by atoms with E-state index in [9.17, 15) is 4.79 Å². The molecule has 2 N–H and O–H groups in total. The lowest BCUT2D eigenvalue weighted by atomic mass is 9.87. The number of hydrogen-bond donors (Lipinski definition) is 2. The van der Waals surface area contributed by atoms with E-state index in [1.807, 2.05) is 42.5 Å². The van der Waals surface area contributed by atoms with Gasteiger partial charge in [0.25, 0.3) is 0 Å². The molecule has 2 aliphatic heterocycles. The first-order chi connectivity index (χ1) is 12.8. The Bertz CT molecular complexity index is 1020. The number of fused-ring (bicyclic) bond motifs is 4. The van der Waals surface area contributed by atoms with Crippen molar-refractivity contribution in [1.29, 1.82) is 0 Å². The summed E-state index contributed by atoms with van der Waals surface area (Å²) in [6, 6.07) is 13.9. The Morgan fingerprint density at radius 1 is 1.15 bits per heavy atom. The van der Waals surface area contributed by atoms with Crippen LogP contribution < -0.4 is 14.8 Å². The zero-order chi connectivity index (χ0) is 17.7. The van der Waals surface area contributed by atoms with E-state index >= 15 is 0 Å². The summed E-state index contributed by atoms with van der Waals surface area (Å²) in [5.74, 6) is 0.940. The second kappa shape index (κ2) is 6.79. The number of aromatic nitrogens is 1. The normalized spacial score (nSPS) is 20.0. The quantitative estimate of drug-likeness (QED) is 0.661. The van der Waals surface area contributed by atoms with Crippen molar-refractivity contribution in [2.45, 2.75) is 12.0 Å². The maximum absolute atomic E-state index is 12.4. The Hall–Kier alpha value is -2.70. The molecule has 3 aromatic rings. The molecule has 0 unspecified atom stereocenters.